The van der Waals surface area contributed by atoms with Gasteiger partial charge in [-0.05, 0) is 32.6 Å². The number of aryl methyl sites for hydroxylation is 2. The van der Waals surface area contributed by atoms with Crippen molar-refractivity contribution >= 4 is 5.82 Å². The molecule has 2 aromatic heterocycles. The first-order valence-electron chi connectivity index (χ1n) is 8.82. The normalized spacial score (nSPS) is 18.3. The first-order valence-corrected chi connectivity index (χ1v) is 8.82. The molecule has 2 aliphatic rings. The molecule has 1 fully saturated rings. The predicted molar refractivity (Wildman–Crippen MR) is 91.3 cm³/mol. The average Bonchev–Trinajstić information content (AvgIpc) is 2.62. The van der Waals surface area contributed by atoms with E-state index in [1.54, 1.807) is 18.7 Å². The zero-order valence-electron chi connectivity index (χ0n) is 14.1. The Morgan fingerprint density at radius 1 is 1.08 bits per heavy atom. The Morgan fingerprint density at radius 3 is 2.75 bits per heavy atom. The summed E-state index contributed by atoms with van der Waals surface area (Å²) in [6.45, 7) is 3.86. The fourth-order valence-corrected chi connectivity index (χ4v) is 3.63. The average molecular weight is 325 g/mol. The molecule has 6 nitrogen and oxygen atoms in total. The van der Waals surface area contributed by atoms with Gasteiger partial charge >= 0.3 is 0 Å². The van der Waals surface area contributed by atoms with E-state index in [1.807, 2.05) is 6.92 Å². The van der Waals surface area contributed by atoms with Gasteiger partial charge in [0.25, 0.3) is 0 Å². The first kappa shape index (κ1) is 15.3. The minimum atomic E-state index is 0.204. The fourth-order valence-electron chi connectivity index (χ4n) is 3.63. The maximum atomic E-state index is 6.00. The lowest BCUT2D eigenvalue weighted by Gasteiger charge is -2.34. The van der Waals surface area contributed by atoms with E-state index in [-0.39, 0.29) is 6.10 Å². The minimum Gasteiger partial charge on any atom is -0.473 e. The summed E-state index contributed by atoms with van der Waals surface area (Å²) in [7, 11) is 0. The van der Waals surface area contributed by atoms with Crippen molar-refractivity contribution in [3.8, 4) is 5.88 Å². The number of fused-ring (bicyclic) bond motifs is 1. The summed E-state index contributed by atoms with van der Waals surface area (Å²) in [6, 6.07) is 0. The van der Waals surface area contributed by atoms with E-state index in [9.17, 15) is 0 Å². The van der Waals surface area contributed by atoms with E-state index in [2.05, 4.69) is 24.8 Å². The minimum absolute atomic E-state index is 0.204. The highest BCUT2D eigenvalue weighted by atomic mass is 16.5. The van der Waals surface area contributed by atoms with Crippen molar-refractivity contribution in [3.05, 3.63) is 35.7 Å². The molecule has 24 heavy (non-hydrogen) atoms. The lowest BCUT2D eigenvalue weighted by atomic mass is 9.95. The zero-order chi connectivity index (χ0) is 16.4. The van der Waals surface area contributed by atoms with E-state index in [4.69, 9.17) is 4.74 Å². The molecule has 0 bridgehead atoms. The molecule has 1 aliphatic heterocycles. The SMILES string of the molecule is Cc1cncc(OC2CCN(c3ncnc4c3CCCC4)CC2)n1. The standard InChI is InChI=1S/C18H23N5O/c1-13-10-19-11-17(22-13)24-14-6-8-23(9-7-14)18-15-4-2-3-5-16(15)20-12-21-18/h10-12,14H,2-9H2,1H3. The Hall–Kier alpha value is -2.24. The van der Waals surface area contributed by atoms with Crippen molar-refractivity contribution in [1.82, 2.24) is 19.9 Å². The van der Waals surface area contributed by atoms with Crippen LogP contribution in [0.3, 0.4) is 0 Å². The zero-order valence-corrected chi connectivity index (χ0v) is 14.1. The van der Waals surface area contributed by atoms with E-state index >= 15 is 0 Å². The Balaban J connectivity index is 1.41. The Bertz CT molecular complexity index is 712. The molecule has 1 aliphatic carbocycles. The van der Waals surface area contributed by atoms with Crippen molar-refractivity contribution in [2.45, 2.75) is 51.6 Å². The van der Waals surface area contributed by atoms with Gasteiger partial charge < -0.3 is 9.64 Å². The molecule has 0 spiro atoms. The Labute approximate surface area is 142 Å². The van der Waals surface area contributed by atoms with Gasteiger partial charge in [0.05, 0.1) is 11.9 Å². The molecule has 0 radical (unpaired) electrons. The van der Waals surface area contributed by atoms with Crippen LogP contribution in [0.5, 0.6) is 5.88 Å². The molecule has 2 aromatic rings. The van der Waals surface area contributed by atoms with Crippen LogP contribution in [0.1, 0.15) is 42.6 Å². The van der Waals surface area contributed by atoms with Crippen LogP contribution in [-0.2, 0) is 12.8 Å². The summed E-state index contributed by atoms with van der Waals surface area (Å²) >= 11 is 0. The third-order valence-electron chi connectivity index (χ3n) is 4.86. The maximum Gasteiger partial charge on any atom is 0.232 e. The van der Waals surface area contributed by atoms with Gasteiger partial charge in [-0.3, -0.25) is 4.98 Å². The van der Waals surface area contributed by atoms with Crippen LogP contribution in [0.25, 0.3) is 0 Å². The smallest absolute Gasteiger partial charge is 0.232 e. The van der Waals surface area contributed by atoms with Crippen LogP contribution >= 0.6 is 0 Å². The number of hydrogen-bond donors (Lipinski definition) is 0. The lowest BCUT2D eigenvalue weighted by molar-refractivity contribution is 0.162. The molecule has 126 valence electrons. The summed E-state index contributed by atoms with van der Waals surface area (Å²) in [5, 5.41) is 0. The third-order valence-corrected chi connectivity index (χ3v) is 4.86. The second-order valence-electron chi connectivity index (χ2n) is 6.63. The molecule has 4 rings (SSSR count). The molecule has 0 atom stereocenters. The van der Waals surface area contributed by atoms with E-state index in [0.29, 0.717) is 5.88 Å². The van der Waals surface area contributed by atoms with Crippen LogP contribution in [0.4, 0.5) is 5.82 Å². The van der Waals surface area contributed by atoms with Crippen molar-refractivity contribution in [2.75, 3.05) is 18.0 Å². The quantitative estimate of drug-likeness (QED) is 0.864. The molecule has 0 N–H and O–H groups in total. The predicted octanol–water partition coefficient (Wildman–Crippen LogP) is 2.50. The van der Waals surface area contributed by atoms with E-state index in [0.717, 1.165) is 50.3 Å². The number of anilines is 1. The Kier molecular flexibility index (Phi) is 4.28. The third kappa shape index (κ3) is 3.18. The molecule has 0 aromatic carbocycles. The Morgan fingerprint density at radius 2 is 1.92 bits per heavy atom. The van der Waals surface area contributed by atoms with Crippen molar-refractivity contribution in [2.24, 2.45) is 0 Å². The number of aromatic nitrogens is 4. The van der Waals surface area contributed by atoms with E-state index < -0.39 is 0 Å². The highest BCUT2D eigenvalue weighted by molar-refractivity contribution is 5.49. The molecule has 0 saturated carbocycles. The van der Waals surface area contributed by atoms with Gasteiger partial charge in [0.15, 0.2) is 0 Å². The summed E-state index contributed by atoms with van der Waals surface area (Å²) in [4.78, 5) is 20.0. The van der Waals surface area contributed by atoms with E-state index in [1.165, 1.54) is 24.1 Å². The van der Waals surface area contributed by atoms with Crippen molar-refractivity contribution < 1.29 is 4.74 Å². The summed E-state index contributed by atoms with van der Waals surface area (Å²) in [6.07, 6.45) is 12.0. The molecule has 1 saturated heterocycles. The molecule has 6 heteroatoms. The highest BCUT2D eigenvalue weighted by Crippen LogP contribution is 2.29. The number of rotatable bonds is 3. The van der Waals surface area contributed by atoms with Crippen molar-refractivity contribution in [1.29, 1.82) is 0 Å². The van der Waals surface area contributed by atoms with Gasteiger partial charge in [-0.2, -0.15) is 0 Å². The molecular weight excluding hydrogens is 302 g/mol. The first-order chi connectivity index (χ1) is 11.8. The maximum absolute atomic E-state index is 6.00. The van der Waals surface area contributed by atoms with Gasteiger partial charge in [0.1, 0.15) is 18.2 Å². The topological polar surface area (TPSA) is 64.0 Å². The number of ether oxygens (including phenoxy) is 1. The van der Waals surface area contributed by atoms with Gasteiger partial charge in [-0.25, -0.2) is 15.0 Å². The summed E-state index contributed by atoms with van der Waals surface area (Å²) in [5.74, 6) is 1.78. The second-order valence-corrected chi connectivity index (χ2v) is 6.63. The van der Waals surface area contributed by atoms with Crippen molar-refractivity contribution in [3.63, 3.8) is 0 Å². The second kappa shape index (κ2) is 6.71. The number of nitrogens with zero attached hydrogens (tertiary/aromatic N) is 5. The van der Waals surface area contributed by atoms with Crippen LogP contribution in [0.2, 0.25) is 0 Å². The fraction of sp³-hybridized carbons (Fsp3) is 0.556. The molecule has 3 heterocycles. The number of piperidine rings is 1. The highest BCUT2D eigenvalue weighted by Gasteiger charge is 2.25. The van der Waals surface area contributed by atoms with Gasteiger partial charge in [-0.1, -0.05) is 0 Å². The van der Waals surface area contributed by atoms with Crippen LogP contribution in [0.15, 0.2) is 18.7 Å². The molecular formula is C18H23N5O. The van der Waals surface area contributed by atoms with Crippen LogP contribution in [-0.4, -0.2) is 39.1 Å². The largest absolute Gasteiger partial charge is 0.473 e. The summed E-state index contributed by atoms with van der Waals surface area (Å²) < 4.78 is 6.00. The molecule has 0 unspecified atom stereocenters. The number of hydrogen-bond acceptors (Lipinski definition) is 6. The summed E-state index contributed by atoms with van der Waals surface area (Å²) in [5.41, 5.74) is 3.50. The van der Waals surface area contributed by atoms with Gasteiger partial charge in [0, 0.05) is 43.4 Å². The van der Waals surface area contributed by atoms with Gasteiger partial charge in [-0.15, -0.1) is 0 Å². The monoisotopic (exact) mass is 325 g/mol. The van der Waals surface area contributed by atoms with Gasteiger partial charge in [0.2, 0.25) is 5.88 Å². The lowest BCUT2D eigenvalue weighted by Crippen LogP contribution is -2.39. The van der Waals surface area contributed by atoms with Crippen LogP contribution in [0, 0.1) is 6.92 Å². The molecule has 0 amide bonds. The van der Waals surface area contributed by atoms with Crippen LogP contribution < -0.4 is 9.64 Å².